The van der Waals surface area contributed by atoms with E-state index in [1.807, 2.05) is 25.1 Å². The SMILES string of the molecule is Cc1ccc(S(=O)(=O)N2c3ccccc3C[C@@H]2C(=O)c2cccc(Br)c2)cc1. The van der Waals surface area contributed by atoms with Crippen LogP contribution in [0.3, 0.4) is 0 Å². The number of anilines is 1. The van der Waals surface area contributed by atoms with Crippen LogP contribution in [0.1, 0.15) is 21.5 Å². The van der Waals surface area contributed by atoms with E-state index in [4.69, 9.17) is 0 Å². The molecule has 6 heteroatoms. The summed E-state index contributed by atoms with van der Waals surface area (Å²) in [6, 6.07) is 20.2. The summed E-state index contributed by atoms with van der Waals surface area (Å²) in [6.45, 7) is 1.90. The largest absolute Gasteiger partial charge is 0.292 e. The maximum Gasteiger partial charge on any atom is 0.265 e. The predicted molar refractivity (Wildman–Crippen MR) is 113 cm³/mol. The lowest BCUT2D eigenvalue weighted by atomic mass is 10.0. The molecule has 0 aromatic heterocycles. The van der Waals surface area contributed by atoms with Gasteiger partial charge in [0, 0.05) is 16.5 Å². The molecular formula is C22H18BrNO3S. The molecule has 1 heterocycles. The molecule has 0 aliphatic carbocycles. The van der Waals surface area contributed by atoms with Crippen molar-refractivity contribution in [1.82, 2.24) is 0 Å². The van der Waals surface area contributed by atoms with E-state index in [0.717, 1.165) is 15.6 Å². The first kappa shape index (κ1) is 18.9. The Morgan fingerprint density at radius 1 is 1.00 bits per heavy atom. The van der Waals surface area contributed by atoms with E-state index in [-0.39, 0.29) is 10.7 Å². The fourth-order valence-corrected chi connectivity index (χ4v) is 5.56. The highest BCUT2D eigenvalue weighted by Gasteiger charge is 2.42. The summed E-state index contributed by atoms with van der Waals surface area (Å²) in [5.74, 6) is -0.215. The summed E-state index contributed by atoms with van der Waals surface area (Å²) < 4.78 is 29.0. The van der Waals surface area contributed by atoms with Crippen molar-refractivity contribution in [3.05, 3.63) is 94.0 Å². The van der Waals surface area contributed by atoms with Crippen molar-refractivity contribution in [3.8, 4) is 0 Å². The third-order valence-corrected chi connectivity index (χ3v) is 7.25. The number of carbonyl (C=O) groups is 1. The molecule has 0 bridgehead atoms. The number of carbonyl (C=O) groups excluding carboxylic acids is 1. The van der Waals surface area contributed by atoms with Crippen molar-refractivity contribution in [2.45, 2.75) is 24.3 Å². The van der Waals surface area contributed by atoms with Gasteiger partial charge in [-0.15, -0.1) is 0 Å². The first-order valence-corrected chi connectivity index (χ1v) is 11.1. The minimum atomic E-state index is -3.88. The predicted octanol–water partition coefficient (Wildman–Crippen LogP) is 4.76. The Kier molecular flexibility index (Phi) is 4.85. The van der Waals surface area contributed by atoms with Crippen LogP contribution in [0.5, 0.6) is 0 Å². The van der Waals surface area contributed by atoms with Crippen LogP contribution in [0.4, 0.5) is 5.69 Å². The molecule has 1 aliphatic rings. The maximum atomic E-state index is 13.5. The highest BCUT2D eigenvalue weighted by Crippen LogP contribution is 2.38. The second-order valence-electron chi connectivity index (χ2n) is 6.84. The number of hydrogen-bond donors (Lipinski definition) is 0. The molecule has 0 N–H and O–H groups in total. The van der Waals surface area contributed by atoms with Gasteiger partial charge in [-0.2, -0.15) is 0 Å². The van der Waals surface area contributed by atoms with Gasteiger partial charge < -0.3 is 0 Å². The molecule has 0 saturated carbocycles. The van der Waals surface area contributed by atoms with Crippen LogP contribution in [0.2, 0.25) is 0 Å². The third kappa shape index (κ3) is 3.27. The summed E-state index contributed by atoms with van der Waals surface area (Å²) in [4.78, 5) is 13.5. The number of hydrogen-bond acceptors (Lipinski definition) is 3. The van der Waals surface area contributed by atoms with Crippen molar-refractivity contribution in [3.63, 3.8) is 0 Å². The van der Waals surface area contributed by atoms with Gasteiger partial charge in [0.2, 0.25) is 0 Å². The topological polar surface area (TPSA) is 54.5 Å². The zero-order valence-electron chi connectivity index (χ0n) is 15.2. The van der Waals surface area contributed by atoms with Crippen LogP contribution >= 0.6 is 15.9 Å². The number of halogens is 1. The number of sulfonamides is 1. The molecule has 142 valence electrons. The van der Waals surface area contributed by atoms with Crippen molar-refractivity contribution in [1.29, 1.82) is 0 Å². The number of ketones is 1. The average Bonchev–Trinajstić information content (AvgIpc) is 3.08. The summed E-state index contributed by atoms with van der Waals surface area (Å²) in [5, 5.41) is 0. The van der Waals surface area contributed by atoms with Crippen molar-refractivity contribution in [2.75, 3.05) is 4.31 Å². The van der Waals surface area contributed by atoms with Crippen molar-refractivity contribution < 1.29 is 13.2 Å². The molecule has 3 aromatic rings. The lowest BCUT2D eigenvalue weighted by Gasteiger charge is -2.26. The molecule has 0 saturated heterocycles. The smallest absolute Gasteiger partial charge is 0.265 e. The van der Waals surface area contributed by atoms with Crippen molar-refractivity contribution >= 4 is 37.4 Å². The number of para-hydroxylation sites is 1. The minimum absolute atomic E-state index is 0.182. The highest BCUT2D eigenvalue weighted by atomic mass is 79.9. The van der Waals surface area contributed by atoms with Crippen LogP contribution in [-0.4, -0.2) is 20.2 Å². The van der Waals surface area contributed by atoms with E-state index in [1.165, 1.54) is 4.31 Å². The van der Waals surface area contributed by atoms with Crippen LogP contribution in [0.15, 0.2) is 82.2 Å². The fraction of sp³-hybridized carbons (Fsp3) is 0.136. The second-order valence-corrected chi connectivity index (χ2v) is 9.57. The normalized spacial score (nSPS) is 16.1. The standard InChI is InChI=1S/C22H18BrNO3S/c1-15-9-11-19(12-10-15)28(26,27)24-20-8-3-2-5-16(20)14-21(24)22(25)17-6-4-7-18(23)13-17/h2-13,21H,14H2,1H3/t21-/m1/s1. The Morgan fingerprint density at radius 3 is 2.43 bits per heavy atom. The van der Waals surface area contributed by atoms with E-state index in [9.17, 15) is 13.2 Å². The zero-order chi connectivity index (χ0) is 19.9. The first-order chi connectivity index (χ1) is 13.4. The van der Waals surface area contributed by atoms with Gasteiger partial charge >= 0.3 is 0 Å². The molecule has 4 nitrogen and oxygen atoms in total. The van der Waals surface area contributed by atoms with Crippen LogP contribution in [0, 0.1) is 6.92 Å². The van der Waals surface area contributed by atoms with E-state index in [1.54, 1.807) is 54.6 Å². The van der Waals surface area contributed by atoms with Gasteiger partial charge in [-0.25, -0.2) is 8.42 Å². The maximum absolute atomic E-state index is 13.5. The molecule has 28 heavy (non-hydrogen) atoms. The van der Waals surface area contributed by atoms with E-state index in [0.29, 0.717) is 17.7 Å². The lowest BCUT2D eigenvalue weighted by Crippen LogP contribution is -2.42. The zero-order valence-corrected chi connectivity index (χ0v) is 17.6. The molecule has 1 atom stereocenters. The summed E-state index contributed by atoms with van der Waals surface area (Å²) in [7, 11) is -3.88. The molecular weight excluding hydrogens is 438 g/mol. The Bertz CT molecular complexity index is 1160. The number of benzene rings is 3. The first-order valence-electron chi connectivity index (χ1n) is 8.87. The minimum Gasteiger partial charge on any atom is -0.292 e. The van der Waals surface area contributed by atoms with E-state index in [2.05, 4.69) is 15.9 Å². The van der Waals surface area contributed by atoms with Crippen LogP contribution in [-0.2, 0) is 16.4 Å². The Balaban J connectivity index is 1.83. The Hall–Kier alpha value is -2.44. The fourth-order valence-electron chi connectivity index (χ4n) is 3.51. The molecule has 0 unspecified atom stereocenters. The molecule has 0 spiro atoms. The molecule has 0 fully saturated rings. The van der Waals surface area contributed by atoms with Gasteiger partial charge in [0.25, 0.3) is 10.0 Å². The van der Waals surface area contributed by atoms with E-state index >= 15 is 0 Å². The summed E-state index contributed by atoms with van der Waals surface area (Å²) in [6.07, 6.45) is 0.354. The third-order valence-electron chi connectivity index (χ3n) is 4.91. The highest BCUT2D eigenvalue weighted by molar-refractivity contribution is 9.10. The van der Waals surface area contributed by atoms with Gasteiger partial charge in [-0.05, 0) is 42.8 Å². The second kappa shape index (κ2) is 7.18. The molecule has 1 aliphatic heterocycles. The Morgan fingerprint density at radius 2 is 1.71 bits per heavy atom. The van der Waals surface area contributed by atoms with Crippen LogP contribution < -0.4 is 4.31 Å². The number of nitrogens with zero attached hydrogens (tertiary/aromatic N) is 1. The monoisotopic (exact) mass is 455 g/mol. The van der Waals surface area contributed by atoms with E-state index < -0.39 is 16.1 Å². The van der Waals surface area contributed by atoms with Gasteiger partial charge in [-0.3, -0.25) is 9.10 Å². The molecule has 3 aromatic carbocycles. The van der Waals surface area contributed by atoms with Gasteiger partial charge in [0.1, 0.15) is 6.04 Å². The summed E-state index contributed by atoms with van der Waals surface area (Å²) in [5.41, 5.74) is 2.88. The van der Waals surface area contributed by atoms with Crippen LogP contribution in [0.25, 0.3) is 0 Å². The van der Waals surface area contributed by atoms with Crippen molar-refractivity contribution in [2.24, 2.45) is 0 Å². The Labute approximate surface area is 173 Å². The number of Topliss-reactive ketones (excluding diaryl/α,β-unsaturated/α-hetero) is 1. The van der Waals surface area contributed by atoms with Gasteiger partial charge in [0.15, 0.2) is 5.78 Å². The average molecular weight is 456 g/mol. The number of fused-ring (bicyclic) bond motifs is 1. The van der Waals surface area contributed by atoms with Gasteiger partial charge in [-0.1, -0.05) is 64.0 Å². The lowest BCUT2D eigenvalue weighted by molar-refractivity contribution is 0.0966. The molecule has 0 radical (unpaired) electrons. The summed E-state index contributed by atoms with van der Waals surface area (Å²) >= 11 is 3.38. The quantitative estimate of drug-likeness (QED) is 0.532. The number of aryl methyl sites for hydroxylation is 1. The van der Waals surface area contributed by atoms with Gasteiger partial charge in [0.05, 0.1) is 10.6 Å². The molecule has 4 rings (SSSR count). The molecule has 0 amide bonds. The number of rotatable bonds is 4.